The molecule has 4 aliphatic rings. The number of carboxylic acids is 1. The van der Waals surface area contributed by atoms with Gasteiger partial charge < -0.3 is 25.5 Å². The summed E-state index contributed by atoms with van der Waals surface area (Å²) in [6.45, 7) is 3.09. The molecule has 4 rings (SSSR count). The number of carboxylic acid groups (broad SMARTS) is 1. The number of carbonyl (C=O) groups is 3. The maximum Gasteiger partial charge on any atom is 0.335 e. The first-order valence-electron chi connectivity index (χ1n) is 12.5. The lowest BCUT2D eigenvalue weighted by Crippen LogP contribution is -2.70. The van der Waals surface area contributed by atoms with Gasteiger partial charge in [0.05, 0.1) is 11.1 Å². The number of aliphatic hydroxyl groups excluding tert-OH is 2. The summed E-state index contributed by atoms with van der Waals surface area (Å²) in [4.78, 5) is 36.3. The fourth-order valence-corrected chi connectivity index (χ4v) is 10.1. The molecule has 12 atom stereocenters. The maximum absolute atomic E-state index is 15.8. The fraction of sp³-hybridized carbons (Fsp3) is 0.875. The molecule has 0 saturated heterocycles. The van der Waals surface area contributed by atoms with Crippen LogP contribution in [0.4, 0.5) is 4.39 Å². The van der Waals surface area contributed by atoms with E-state index in [1.807, 2.05) is 0 Å². The van der Waals surface area contributed by atoms with E-state index in [0.717, 1.165) is 6.26 Å². The van der Waals surface area contributed by atoms with E-state index in [-0.39, 0.29) is 37.9 Å². The first kappa shape index (κ1) is 29.9. The van der Waals surface area contributed by atoms with E-state index >= 15 is 4.39 Å². The summed E-state index contributed by atoms with van der Waals surface area (Å²) in [7, 11) is -4.35. The molecule has 11 nitrogen and oxygen atoms in total. The second kappa shape index (κ2) is 9.25. The van der Waals surface area contributed by atoms with Gasteiger partial charge in [-0.05, 0) is 42.9 Å². The van der Waals surface area contributed by atoms with Gasteiger partial charge >= 0.3 is 5.97 Å². The summed E-state index contributed by atoms with van der Waals surface area (Å²) in [6.07, 6.45) is -6.81. The van der Waals surface area contributed by atoms with Gasteiger partial charge in [-0.15, -0.1) is 0 Å². The lowest BCUT2D eigenvalue weighted by atomic mass is 9.42. The Kier molecular flexibility index (Phi) is 7.29. The minimum atomic E-state index is -4.35. The SMILES string of the molecule is C[C@]12C[C@@H](Br)C(=O)CC1[C@H](F)C[C@H]1[C@@H]3CC[C@](O)(C(=O)C(O)C(O)C(=O)O)[C@@]3(C)C[C@](O)(OS(C)(=O)=O)[C@@H]12. The van der Waals surface area contributed by atoms with Crippen LogP contribution in [0.1, 0.15) is 52.4 Å². The Labute approximate surface area is 228 Å². The molecule has 14 heteroatoms. The highest BCUT2D eigenvalue weighted by atomic mass is 79.9. The number of hydrogen-bond acceptors (Lipinski definition) is 10. The quantitative estimate of drug-likeness (QED) is 0.154. The smallest absolute Gasteiger partial charge is 0.335 e. The number of aliphatic hydroxyl groups is 4. The number of aliphatic carboxylic acids is 1. The van der Waals surface area contributed by atoms with Gasteiger partial charge in [0.2, 0.25) is 0 Å². The Hall–Kier alpha value is -1.03. The van der Waals surface area contributed by atoms with Crippen LogP contribution in [-0.4, -0.2) is 92.3 Å². The van der Waals surface area contributed by atoms with Crippen LogP contribution in [0.5, 0.6) is 0 Å². The Morgan fingerprint density at radius 1 is 1.16 bits per heavy atom. The molecule has 0 aromatic carbocycles. The first-order valence-corrected chi connectivity index (χ1v) is 15.2. The first-order chi connectivity index (χ1) is 17.2. The van der Waals surface area contributed by atoms with Gasteiger partial charge in [-0.3, -0.25) is 9.59 Å². The zero-order chi connectivity index (χ0) is 28.8. The van der Waals surface area contributed by atoms with Crippen LogP contribution < -0.4 is 0 Å². The second-order valence-electron chi connectivity index (χ2n) is 12.2. The van der Waals surface area contributed by atoms with Gasteiger partial charge in [0.25, 0.3) is 10.1 Å². The molecule has 0 aromatic heterocycles. The summed E-state index contributed by atoms with van der Waals surface area (Å²) < 4.78 is 45.9. The van der Waals surface area contributed by atoms with E-state index in [1.54, 1.807) is 6.92 Å². The Bertz CT molecular complexity index is 1150. The topological polar surface area (TPSA) is 196 Å². The summed E-state index contributed by atoms with van der Waals surface area (Å²) in [6, 6.07) is 0. The summed E-state index contributed by atoms with van der Waals surface area (Å²) >= 11 is 3.33. The zero-order valence-corrected chi connectivity index (χ0v) is 23.6. The number of ketones is 2. The van der Waals surface area contributed by atoms with Crippen molar-refractivity contribution < 1.29 is 56.9 Å². The Morgan fingerprint density at radius 2 is 1.76 bits per heavy atom. The van der Waals surface area contributed by atoms with Crippen LogP contribution in [-0.2, 0) is 28.7 Å². The summed E-state index contributed by atoms with van der Waals surface area (Å²) in [5, 5.41) is 52.9. The van der Waals surface area contributed by atoms with Crippen molar-refractivity contribution in [3.8, 4) is 0 Å². The van der Waals surface area contributed by atoms with E-state index in [9.17, 15) is 43.2 Å². The van der Waals surface area contributed by atoms with E-state index < -0.39 is 97.4 Å². The van der Waals surface area contributed by atoms with Crippen molar-refractivity contribution in [1.29, 1.82) is 0 Å². The average Bonchev–Trinajstić information content (AvgIpc) is 3.03. The molecular formula is C24H34BrFO11S. The number of hydrogen-bond donors (Lipinski definition) is 5. The molecule has 4 aliphatic carbocycles. The molecule has 0 bridgehead atoms. The van der Waals surface area contributed by atoms with Gasteiger partial charge in [0, 0.05) is 30.1 Å². The van der Waals surface area contributed by atoms with E-state index in [0.29, 0.717) is 0 Å². The Morgan fingerprint density at radius 3 is 2.32 bits per heavy atom. The predicted octanol–water partition coefficient (Wildman–Crippen LogP) is 0.301. The van der Waals surface area contributed by atoms with Crippen molar-refractivity contribution >= 4 is 43.6 Å². The highest BCUT2D eigenvalue weighted by molar-refractivity contribution is 9.10. The third kappa shape index (κ3) is 4.29. The minimum Gasteiger partial charge on any atom is -0.479 e. The monoisotopic (exact) mass is 628 g/mol. The van der Waals surface area contributed by atoms with E-state index in [4.69, 9.17) is 9.29 Å². The lowest BCUT2D eigenvalue weighted by molar-refractivity contribution is -0.309. The summed E-state index contributed by atoms with van der Waals surface area (Å²) in [5.74, 6) is -9.30. The number of carbonyl (C=O) groups excluding carboxylic acids is 2. The molecule has 38 heavy (non-hydrogen) atoms. The largest absolute Gasteiger partial charge is 0.479 e. The molecule has 0 spiro atoms. The van der Waals surface area contributed by atoms with Crippen LogP contribution in [0.25, 0.3) is 0 Å². The van der Waals surface area contributed by atoms with Gasteiger partial charge in [0.1, 0.15) is 17.6 Å². The van der Waals surface area contributed by atoms with Crippen LogP contribution in [0.15, 0.2) is 0 Å². The van der Waals surface area contributed by atoms with Crippen LogP contribution >= 0.6 is 15.9 Å². The summed E-state index contributed by atoms with van der Waals surface area (Å²) in [5.41, 5.74) is -5.28. The highest BCUT2D eigenvalue weighted by Gasteiger charge is 2.75. The molecule has 0 aliphatic heterocycles. The van der Waals surface area contributed by atoms with E-state index in [2.05, 4.69) is 15.9 Å². The van der Waals surface area contributed by atoms with Crippen molar-refractivity contribution in [3.63, 3.8) is 0 Å². The maximum atomic E-state index is 15.8. The fourth-order valence-electron chi connectivity index (χ4n) is 8.57. The molecule has 0 radical (unpaired) electrons. The van der Waals surface area contributed by atoms with E-state index in [1.165, 1.54) is 6.92 Å². The van der Waals surface area contributed by atoms with Crippen molar-refractivity contribution in [1.82, 2.24) is 0 Å². The molecule has 3 unspecified atom stereocenters. The normalized spacial score (nSPS) is 48.4. The number of Topliss-reactive ketones (excluding diaryl/α,β-unsaturated/α-hetero) is 2. The number of halogens is 2. The molecule has 4 saturated carbocycles. The molecule has 5 N–H and O–H groups in total. The van der Waals surface area contributed by atoms with Crippen molar-refractivity contribution in [2.75, 3.05) is 6.26 Å². The average molecular weight is 629 g/mol. The third-order valence-electron chi connectivity index (χ3n) is 10.0. The molecule has 0 heterocycles. The standard InChI is InChI=1S/C24H34BrFO11S/c1-21-8-13(25)15(27)7-12(21)14(26)6-10-11-4-5-23(33,19(30)16(28)17(29)20(31)32)22(11,2)9-24(34,18(10)21)37-38(3,35)36/h10-14,16-18,28-29,33-34H,4-9H2,1-3H3,(H,31,32)/t10-,11-,12?,13+,14+,16?,17?,18-,21-,22-,23-,24-/m0/s1. The number of fused-ring (bicyclic) bond motifs is 5. The van der Waals surface area contributed by atoms with Gasteiger partial charge in [0.15, 0.2) is 23.8 Å². The second-order valence-corrected chi connectivity index (χ2v) is 14.9. The van der Waals surface area contributed by atoms with Crippen LogP contribution in [0.2, 0.25) is 0 Å². The molecule has 216 valence electrons. The third-order valence-corrected chi connectivity index (χ3v) is 11.5. The zero-order valence-electron chi connectivity index (χ0n) is 21.2. The van der Waals surface area contributed by atoms with Crippen LogP contribution in [0.3, 0.4) is 0 Å². The number of rotatable bonds is 6. The molecule has 0 aromatic rings. The van der Waals surface area contributed by atoms with Gasteiger partial charge in [-0.1, -0.05) is 29.8 Å². The highest BCUT2D eigenvalue weighted by Crippen LogP contribution is 2.71. The Balaban J connectivity index is 1.85. The van der Waals surface area contributed by atoms with Gasteiger partial charge in [-0.2, -0.15) is 8.42 Å². The molecule has 0 amide bonds. The number of alkyl halides is 2. The lowest BCUT2D eigenvalue weighted by Gasteiger charge is -2.65. The van der Waals surface area contributed by atoms with Gasteiger partial charge in [-0.25, -0.2) is 13.4 Å². The van der Waals surface area contributed by atoms with Crippen molar-refractivity contribution in [2.45, 2.75) is 87.0 Å². The van der Waals surface area contributed by atoms with Crippen molar-refractivity contribution in [3.05, 3.63) is 0 Å². The van der Waals surface area contributed by atoms with Crippen LogP contribution in [0, 0.1) is 34.5 Å². The minimum absolute atomic E-state index is 0.101. The van der Waals surface area contributed by atoms with Crippen molar-refractivity contribution in [2.24, 2.45) is 34.5 Å². The molecule has 4 fully saturated rings. The molecular weight excluding hydrogens is 595 g/mol. The predicted molar refractivity (Wildman–Crippen MR) is 131 cm³/mol.